The third-order valence-corrected chi connectivity index (χ3v) is 6.84. The maximum atomic E-state index is 13.8. The van der Waals surface area contributed by atoms with Gasteiger partial charge in [0.05, 0.1) is 28.2 Å². The number of pyridine rings is 1. The number of aryl methyl sites for hydroxylation is 1. The molecular formula is C23H28N4OS. The summed E-state index contributed by atoms with van der Waals surface area (Å²) in [4.78, 5) is 20.9. The Bertz CT molecular complexity index is 1070. The van der Waals surface area contributed by atoms with Gasteiger partial charge in [-0.2, -0.15) is 16.4 Å². The van der Waals surface area contributed by atoms with Crippen LogP contribution in [0.2, 0.25) is 0 Å². The second kappa shape index (κ2) is 6.66. The summed E-state index contributed by atoms with van der Waals surface area (Å²) in [5, 5.41) is 10.0. The maximum absolute atomic E-state index is 13.8. The average molecular weight is 409 g/mol. The largest absolute Gasteiger partial charge is 0.332 e. The lowest BCUT2D eigenvalue weighted by Gasteiger charge is -2.25. The molecule has 0 spiro atoms. The van der Waals surface area contributed by atoms with Gasteiger partial charge in [-0.25, -0.2) is 9.67 Å². The van der Waals surface area contributed by atoms with Crippen LogP contribution in [0.3, 0.4) is 0 Å². The summed E-state index contributed by atoms with van der Waals surface area (Å²) >= 11 is 1.70. The molecular weight excluding hydrogens is 380 g/mol. The first kappa shape index (κ1) is 18.8. The minimum absolute atomic E-state index is 0.129. The van der Waals surface area contributed by atoms with Gasteiger partial charge >= 0.3 is 0 Å². The molecule has 6 heteroatoms. The van der Waals surface area contributed by atoms with Crippen molar-refractivity contribution in [2.24, 2.45) is 0 Å². The van der Waals surface area contributed by atoms with Gasteiger partial charge in [0.25, 0.3) is 5.91 Å². The molecule has 152 valence electrons. The van der Waals surface area contributed by atoms with E-state index >= 15 is 0 Å². The number of hydrogen-bond acceptors (Lipinski definition) is 4. The Morgan fingerprint density at radius 2 is 2.03 bits per heavy atom. The number of carbonyl (C=O) groups is 1. The van der Waals surface area contributed by atoms with E-state index in [0.29, 0.717) is 5.92 Å². The van der Waals surface area contributed by atoms with E-state index in [1.807, 2.05) is 11.6 Å². The van der Waals surface area contributed by atoms with Crippen LogP contribution in [0.25, 0.3) is 11.0 Å². The third kappa shape index (κ3) is 3.18. The lowest BCUT2D eigenvalue weighted by molar-refractivity contribution is 0.0737. The van der Waals surface area contributed by atoms with Crippen LogP contribution in [-0.4, -0.2) is 32.1 Å². The Balaban J connectivity index is 1.66. The van der Waals surface area contributed by atoms with Crippen molar-refractivity contribution in [3.63, 3.8) is 0 Å². The molecule has 0 aromatic carbocycles. The lowest BCUT2D eigenvalue weighted by atomic mass is 10.0. The Morgan fingerprint density at radius 1 is 1.24 bits per heavy atom. The van der Waals surface area contributed by atoms with E-state index in [4.69, 9.17) is 10.1 Å². The smallest absolute Gasteiger partial charge is 0.255 e. The molecule has 1 aliphatic carbocycles. The predicted molar refractivity (Wildman–Crippen MR) is 117 cm³/mol. The SMILES string of the molecule is Cc1nn(C(C)(C)C)c2nc(C3CC3)cc(C(=O)N3CCCC3c3ccsc3)c12. The van der Waals surface area contributed by atoms with Gasteiger partial charge in [-0.1, -0.05) is 0 Å². The molecule has 1 unspecified atom stereocenters. The molecule has 2 aliphatic rings. The Kier molecular flexibility index (Phi) is 4.32. The summed E-state index contributed by atoms with van der Waals surface area (Å²) in [5.74, 6) is 0.616. The number of hydrogen-bond donors (Lipinski definition) is 0. The number of amides is 1. The molecule has 3 aromatic rings. The molecule has 0 N–H and O–H groups in total. The molecule has 1 saturated heterocycles. The number of nitrogens with zero attached hydrogens (tertiary/aromatic N) is 4. The average Bonchev–Trinajstić information content (AvgIpc) is 3.08. The molecule has 0 radical (unpaired) electrons. The zero-order valence-electron chi connectivity index (χ0n) is 17.6. The molecule has 5 nitrogen and oxygen atoms in total. The Labute approximate surface area is 175 Å². The standard InChI is InChI=1S/C23H28N4OS/c1-14-20-17(22(28)26-10-5-6-19(26)16-9-11-29-13-16)12-18(15-7-8-15)24-21(20)27(25-14)23(2,3)4/h9,11-13,15,19H,5-8,10H2,1-4H3. The van der Waals surface area contributed by atoms with Crippen molar-refractivity contribution in [2.75, 3.05) is 6.54 Å². The molecule has 3 aromatic heterocycles. The highest BCUT2D eigenvalue weighted by atomic mass is 32.1. The highest BCUT2D eigenvalue weighted by molar-refractivity contribution is 7.08. The van der Waals surface area contributed by atoms with Gasteiger partial charge in [-0.15, -0.1) is 0 Å². The van der Waals surface area contributed by atoms with Gasteiger partial charge in [0.1, 0.15) is 0 Å². The highest BCUT2D eigenvalue weighted by Crippen LogP contribution is 2.42. The van der Waals surface area contributed by atoms with Crippen molar-refractivity contribution in [2.45, 2.75) is 70.9 Å². The summed E-state index contributed by atoms with van der Waals surface area (Å²) in [5.41, 5.74) is 4.66. The normalized spacial score (nSPS) is 20.0. The monoisotopic (exact) mass is 408 g/mol. The van der Waals surface area contributed by atoms with Gasteiger partial charge < -0.3 is 4.90 Å². The van der Waals surface area contributed by atoms with Crippen molar-refractivity contribution in [3.05, 3.63) is 45.4 Å². The van der Waals surface area contributed by atoms with Crippen LogP contribution < -0.4 is 0 Å². The van der Waals surface area contributed by atoms with Crippen LogP contribution in [0.15, 0.2) is 22.9 Å². The summed E-state index contributed by atoms with van der Waals surface area (Å²) in [6, 6.07) is 4.40. The Hall–Kier alpha value is -2.21. The minimum Gasteiger partial charge on any atom is -0.332 e. The Morgan fingerprint density at radius 3 is 2.69 bits per heavy atom. The maximum Gasteiger partial charge on any atom is 0.255 e. The van der Waals surface area contributed by atoms with Crippen LogP contribution in [-0.2, 0) is 5.54 Å². The fraction of sp³-hybridized carbons (Fsp3) is 0.522. The highest BCUT2D eigenvalue weighted by Gasteiger charge is 2.35. The predicted octanol–water partition coefficient (Wildman–Crippen LogP) is 5.41. The second-order valence-electron chi connectivity index (χ2n) is 9.45. The minimum atomic E-state index is -0.186. The molecule has 1 aliphatic heterocycles. The van der Waals surface area contributed by atoms with Gasteiger partial charge in [-0.3, -0.25) is 4.79 Å². The van der Waals surface area contributed by atoms with Crippen molar-refractivity contribution in [1.82, 2.24) is 19.7 Å². The van der Waals surface area contributed by atoms with Gasteiger partial charge in [-0.05, 0) is 81.8 Å². The first-order valence-corrected chi connectivity index (χ1v) is 11.5. The van der Waals surface area contributed by atoms with Crippen LogP contribution in [0.5, 0.6) is 0 Å². The van der Waals surface area contributed by atoms with Crippen molar-refractivity contribution in [1.29, 1.82) is 0 Å². The molecule has 2 fully saturated rings. The molecule has 0 bridgehead atoms. The van der Waals surface area contributed by atoms with E-state index < -0.39 is 0 Å². The molecule has 1 atom stereocenters. The zero-order chi connectivity index (χ0) is 20.3. The van der Waals surface area contributed by atoms with E-state index in [2.05, 4.69) is 48.6 Å². The topological polar surface area (TPSA) is 51.0 Å². The van der Waals surface area contributed by atoms with Crippen molar-refractivity contribution in [3.8, 4) is 0 Å². The molecule has 29 heavy (non-hydrogen) atoms. The fourth-order valence-electron chi connectivity index (χ4n) is 4.51. The number of likely N-dealkylation sites (tertiary alicyclic amines) is 1. The van der Waals surface area contributed by atoms with Crippen molar-refractivity contribution < 1.29 is 4.79 Å². The van der Waals surface area contributed by atoms with Crippen LogP contribution in [0.1, 0.15) is 85.7 Å². The van der Waals surface area contributed by atoms with Gasteiger partial charge in [0.15, 0.2) is 5.65 Å². The van der Waals surface area contributed by atoms with Gasteiger partial charge in [0, 0.05) is 18.2 Å². The summed E-state index contributed by atoms with van der Waals surface area (Å²) in [6.45, 7) is 9.23. The van der Waals surface area contributed by atoms with E-state index in [9.17, 15) is 4.79 Å². The van der Waals surface area contributed by atoms with Gasteiger partial charge in [0.2, 0.25) is 0 Å². The van der Waals surface area contributed by atoms with Crippen molar-refractivity contribution >= 4 is 28.3 Å². The second-order valence-corrected chi connectivity index (χ2v) is 10.2. The lowest BCUT2D eigenvalue weighted by Crippen LogP contribution is -2.31. The number of rotatable bonds is 3. The quantitative estimate of drug-likeness (QED) is 0.582. The third-order valence-electron chi connectivity index (χ3n) is 6.14. The van der Waals surface area contributed by atoms with E-state index in [1.54, 1.807) is 11.3 Å². The van der Waals surface area contributed by atoms with Crippen LogP contribution >= 0.6 is 11.3 Å². The van der Waals surface area contributed by atoms with Crippen LogP contribution in [0.4, 0.5) is 0 Å². The molecule has 5 rings (SSSR count). The van der Waals surface area contributed by atoms with E-state index in [-0.39, 0.29) is 17.5 Å². The molecule has 1 saturated carbocycles. The summed E-state index contributed by atoms with van der Waals surface area (Å²) in [7, 11) is 0. The van der Waals surface area contributed by atoms with E-state index in [1.165, 1.54) is 5.56 Å². The summed E-state index contributed by atoms with van der Waals surface area (Å²) < 4.78 is 2.00. The van der Waals surface area contributed by atoms with E-state index in [0.717, 1.165) is 60.2 Å². The number of thiophene rings is 1. The zero-order valence-corrected chi connectivity index (χ0v) is 18.4. The van der Waals surface area contributed by atoms with Crippen LogP contribution in [0, 0.1) is 6.92 Å². The summed E-state index contributed by atoms with van der Waals surface area (Å²) in [6.07, 6.45) is 4.41. The molecule has 1 amide bonds. The number of carbonyl (C=O) groups excluding carboxylic acids is 1. The number of aromatic nitrogens is 3. The first-order valence-electron chi connectivity index (χ1n) is 10.6. The molecule has 4 heterocycles. The fourth-order valence-corrected chi connectivity index (χ4v) is 5.22. The number of fused-ring (bicyclic) bond motifs is 1. The first-order chi connectivity index (χ1) is 13.8.